The molecule has 17 heavy (non-hydrogen) atoms. The van der Waals surface area contributed by atoms with Gasteiger partial charge in [0.25, 0.3) is 0 Å². The molecule has 2 rings (SSSR count). The van der Waals surface area contributed by atoms with Gasteiger partial charge in [-0.05, 0) is 12.5 Å². The number of benzene rings is 1. The summed E-state index contributed by atoms with van der Waals surface area (Å²) in [7, 11) is 0. The van der Waals surface area contributed by atoms with Gasteiger partial charge in [0, 0.05) is 18.3 Å². The number of imidazole rings is 1. The zero-order valence-corrected chi connectivity index (χ0v) is 9.58. The van der Waals surface area contributed by atoms with Gasteiger partial charge in [-0.25, -0.2) is 9.78 Å². The minimum Gasteiger partial charge on any atom is -0.480 e. The van der Waals surface area contributed by atoms with Crippen molar-refractivity contribution in [1.82, 2.24) is 9.55 Å². The number of aliphatic carboxylic acids is 1. The molecule has 0 aliphatic carbocycles. The fourth-order valence-electron chi connectivity index (χ4n) is 1.84. The van der Waals surface area contributed by atoms with Crippen LogP contribution in [0.25, 0.3) is 0 Å². The Morgan fingerprint density at radius 3 is 2.65 bits per heavy atom. The molecule has 1 unspecified atom stereocenters. The van der Waals surface area contributed by atoms with Gasteiger partial charge in [-0.1, -0.05) is 30.3 Å². The average Bonchev–Trinajstić information content (AvgIpc) is 2.73. The van der Waals surface area contributed by atoms with Crippen molar-refractivity contribution in [2.24, 2.45) is 0 Å². The molecule has 1 heterocycles. The predicted molar refractivity (Wildman–Crippen MR) is 63.8 cm³/mol. The third-order valence-electron chi connectivity index (χ3n) is 2.75. The van der Waals surface area contributed by atoms with E-state index in [1.807, 2.05) is 37.3 Å². The maximum absolute atomic E-state index is 11.3. The monoisotopic (exact) mass is 230 g/mol. The van der Waals surface area contributed by atoms with Crippen LogP contribution in [-0.4, -0.2) is 20.6 Å². The van der Waals surface area contributed by atoms with Crippen LogP contribution in [0.4, 0.5) is 0 Å². The van der Waals surface area contributed by atoms with Gasteiger partial charge in [-0.15, -0.1) is 0 Å². The Morgan fingerprint density at radius 2 is 2.12 bits per heavy atom. The lowest BCUT2D eigenvalue weighted by Gasteiger charge is -2.15. The van der Waals surface area contributed by atoms with Gasteiger partial charge in [0.05, 0.1) is 6.33 Å². The van der Waals surface area contributed by atoms with Crippen LogP contribution >= 0.6 is 0 Å². The molecule has 0 fully saturated rings. The first-order chi connectivity index (χ1) is 8.18. The average molecular weight is 230 g/mol. The maximum Gasteiger partial charge on any atom is 0.327 e. The smallest absolute Gasteiger partial charge is 0.327 e. The highest BCUT2D eigenvalue weighted by molar-refractivity contribution is 5.72. The van der Waals surface area contributed by atoms with Gasteiger partial charge in [-0.3, -0.25) is 0 Å². The molecule has 1 aromatic carbocycles. The summed E-state index contributed by atoms with van der Waals surface area (Å²) >= 11 is 0. The second kappa shape index (κ2) is 4.82. The lowest BCUT2D eigenvalue weighted by Crippen LogP contribution is -2.21. The molecule has 0 saturated carbocycles. The number of rotatable bonds is 4. The fraction of sp³-hybridized carbons (Fsp3) is 0.231. The summed E-state index contributed by atoms with van der Waals surface area (Å²) in [6, 6.07) is 9.01. The molecule has 2 aromatic rings. The van der Waals surface area contributed by atoms with Crippen molar-refractivity contribution in [2.45, 2.75) is 19.4 Å². The van der Waals surface area contributed by atoms with Crippen molar-refractivity contribution in [2.75, 3.05) is 0 Å². The Hall–Kier alpha value is -2.10. The van der Waals surface area contributed by atoms with Crippen LogP contribution in [0.1, 0.15) is 17.3 Å². The van der Waals surface area contributed by atoms with E-state index in [4.69, 9.17) is 0 Å². The predicted octanol–water partition coefficient (Wildman–Crippen LogP) is 2.06. The van der Waals surface area contributed by atoms with Gasteiger partial charge in [0.15, 0.2) is 0 Å². The molecule has 1 atom stereocenters. The highest BCUT2D eigenvalue weighted by Gasteiger charge is 2.20. The van der Waals surface area contributed by atoms with Crippen LogP contribution in [0.3, 0.4) is 0 Å². The number of carboxylic acid groups (broad SMARTS) is 1. The summed E-state index contributed by atoms with van der Waals surface area (Å²) in [4.78, 5) is 15.3. The molecular weight excluding hydrogens is 216 g/mol. The summed E-state index contributed by atoms with van der Waals surface area (Å²) in [6.07, 6.45) is 3.70. The van der Waals surface area contributed by atoms with E-state index in [0.717, 1.165) is 11.3 Å². The summed E-state index contributed by atoms with van der Waals surface area (Å²) in [5.74, 6) is -0.838. The molecule has 0 saturated heterocycles. The molecular formula is C13H14N2O2. The van der Waals surface area contributed by atoms with E-state index in [1.54, 1.807) is 17.1 Å². The molecule has 88 valence electrons. The summed E-state index contributed by atoms with van der Waals surface area (Å²) in [6.45, 7) is 1.86. The van der Waals surface area contributed by atoms with E-state index >= 15 is 0 Å². The topological polar surface area (TPSA) is 55.1 Å². The molecule has 0 aliphatic rings. The Morgan fingerprint density at radius 1 is 1.41 bits per heavy atom. The number of hydrogen-bond donors (Lipinski definition) is 1. The molecule has 4 nitrogen and oxygen atoms in total. The standard InChI is InChI=1S/C13H14N2O2/c1-10-8-14-9-15(10)12(13(16)17)7-11-5-3-2-4-6-11/h2-6,8-9,12H,7H2,1H3,(H,16,17). The fourth-order valence-corrected chi connectivity index (χ4v) is 1.84. The number of carboxylic acids is 1. The molecule has 0 amide bonds. The zero-order valence-electron chi connectivity index (χ0n) is 9.58. The molecule has 0 radical (unpaired) electrons. The van der Waals surface area contributed by atoms with Crippen molar-refractivity contribution in [1.29, 1.82) is 0 Å². The van der Waals surface area contributed by atoms with E-state index in [0.29, 0.717) is 6.42 Å². The number of nitrogens with zero attached hydrogens (tertiary/aromatic N) is 2. The third-order valence-corrected chi connectivity index (χ3v) is 2.75. The molecule has 0 spiro atoms. The van der Waals surface area contributed by atoms with Gasteiger partial charge < -0.3 is 9.67 Å². The van der Waals surface area contributed by atoms with Crippen molar-refractivity contribution < 1.29 is 9.90 Å². The van der Waals surface area contributed by atoms with E-state index in [2.05, 4.69) is 4.98 Å². The zero-order chi connectivity index (χ0) is 12.3. The van der Waals surface area contributed by atoms with Crippen molar-refractivity contribution in [3.63, 3.8) is 0 Å². The van der Waals surface area contributed by atoms with Crippen molar-refractivity contribution >= 4 is 5.97 Å². The minimum absolute atomic E-state index is 0.466. The summed E-state index contributed by atoms with van der Waals surface area (Å²) < 4.78 is 1.69. The first kappa shape index (κ1) is 11.4. The van der Waals surface area contributed by atoms with Crippen molar-refractivity contribution in [3.05, 3.63) is 54.1 Å². The van der Waals surface area contributed by atoms with Gasteiger partial charge in [0.1, 0.15) is 6.04 Å². The van der Waals surface area contributed by atoms with Crippen molar-refractivity contribution in [3.8, 4) is 0 Å². The van der Waals surface area contributed by atoms with Crippen LogP contribution in [0.15, 0.2) is 42.9 Å². The van der Waals surface area contributed by atoms with Crippen LogP contribution in [0.2, 0.25) is 0 Å². The number of aryl methyl sites for hydroxylation is 1. The second-order valence-electron chi connectivity index (χ2n) is 3.99. The lowest BCUT2D eigenvalue weighted by atomic mass is 10.1. The van der Waals surface area contributed by atoms with E-state index in [9.17, 15) is 9.90 Å². The Kier molecular flexibility index (Phi) is 3.23. The summed E-state index contributed by atoms with van der Waals surface area (Å²) in [5.41, 5.74) is 1.86. The summed E-state index contributed by atoms with van der Waals surface area (Å²) in [5, 5.41) is 9.28. The molecule has 0 bridgehead atoms. The molecule has 0 aliphatic heterocycles. The molecule has 4 heteroatoms. The Balaban J connectivity index is 2.26. The normalized spacial score (nSPS) is 12.3. The highest BCUT2D eigenvalue weighted by Crippen LogP contribution is 2.16. The van der Waals surface area contributed by atoms with Gasteiger partial charge in [-0.2, -0.15) is 0 Å². The largest absolute Gasteiger partial charge is 0.480 e. The van der Waals surface area contributed by atoms with E-state index in [-0.39, 0.29) is 0 Å². The molecule has 1 aromatic heterocycles. The van der Waals surface area contributed by atoms with E-state index in [1.165, 1.54) is 0 Å². The maximum atomic E-state index is 11.3. The number of hydrogen-bond acceptors (Lipinski definition) is 2. The van der Waals surface area contributed by atoms with Crippen LogP contribution in [0.5, 0.6) is 0 Å². The first-order valence-corrected chi connectivity index (χ1v) is 5.43. The quantitative estimate of drug-likeness (QED) is 0.874. The van der Waals surface area contributed by atoms with E-state index < -0.39 is 12.0 Å². The number of aromatic nitrogens is 2. The second-order valence-corrected chi connectivity index (χ2v) is 3.99. The van der Waals surface area contributed by atoms with Crippen LogP contribution in [-0.2, 0) is 11.2 Å². The number of carbonyl (C=O) groups is 1. The first-order valence-electron chi connectivity index (χ1n) is 5.43. The van der Waals surface area contributed by atoms with Crippen LogP contribution < -0.4 is 0 Å². The SMILES string of the molecule is Cc1cncn1C(Cc1ccccc1)C(=O)O. The highest BCUT2D eigenvalue weighted by atomic mass is 16.4. The Bertz CT molecular complexity index is 505. The molecule has 1 N–H and O–H groups in total. The minimum atomic E-state index is -0.838. The van der Waals surface area contributed by atoms with Crippen LogP contribution in [0, 0.1) is 6.92 Å². The Labute approximate surface area is 99.5 Å². The van der Waals surface area contributed by atoms with Gasteiger partial charge in [0.2, 0.25) is 0 Å². The third kappa shape index (κ3) is 2.53. The lowest BCUT2D eigenvalue weighted by molar-refractivity contribution is -0.140. The van der Waals surface area contributed by atoms with Gasteiger partial charge >= 0.3 is 5.97 Å².